The normalized spacial score (nSPS) is 13.9. The van der Waals surface area contributed by atoms with E-state index in [1.54, 1.807) is 23.1 Å². The third-order valence-corrected chi connectivity index (χ3v) is 5.65. The molecule has 2 N–H and O–H groups in total. The monoisotopic (exact) mass is 428 g/mol. The van der Waals surface area contributed by atoms with Crippen LogP contribution in [0.15, 0.2) is 35.2 Å². The highest BCUT2D eigenvalue weighted by molar-refractivity contribution is 7.86. The summed E-state index contributed by atoms with van der Waals surface area (Å²) in [7, 11) is -1.80. The van der Waals surface area contributed by atoms with E-state index < -0.39 is 11.0 Å². The summed E-state index contributed by atoms with van der Waals surface area (Å²) in [6, 6.07) is 7.91. The zero-order valence-electron chi connectivity index (χ0n) is 15.4. The SMILES string of the molecule is CC.Cc1cc(Cl)ccc1NS(=O)c1cc(C(=O)N2CCC2)cc(Cl)c1O. The van der Waals surface area contributed by atoms with Gasteiger partial charge in [-0.15, -0.1) is 0 Å². The van der Waals surface area contributed by atoms with E-state index in [0.717, 1.165) is 12.0 Å². The summed E-state index contributed by atoms with van der Waals surface area (Å²) in [4.78, 5) is 14.1. The number of hydrogen-bond acceptors (Lipinski definition) is 3. The lowest BCUT2D eigenvalue weighted by atomic mass is 10.1. The minimum atomic E-state index is -1.80. The second-order valence-corrected chi connectivity index (χ2v) is 7.81. The lowest BCUT2D eigenvalue weighted by Crippen LogP contribution is -2.42. The van der Waals surface area contributed by atoms with E-state index >= 15 is 0 Å². The predicted octanol–water partition coefficient (Wildman–Crippen LogP) is 5.01. The summed E-state index contributed by atoms with van der Waals surface area (Å²) in [5.74, 6) is -0.492. The highest BCUT2D eigenvalue weighted by Crippen LogP contribution is 2.33. The van der Waals surface area contributed by atoms with Gasteiger partial charge in [0.25, 0.3) is 5.91 Å². The number of carbonyl (C=O) groups is 1. The van der Waals surface area contributed by atoms with Gasteiger partial charge < -0.3 is 14.7 Å². The topological polar surface area (TPSA) is 69.6 Å². The van der Waals surface area contributed by atoms with Gasteiger partial charge in [0.1, 0.15) is 4.90 Å². The molecule has 1 heterocycles. The molecule has 2 aromatic carbocycles. The number of rotatable bonds is 4. The molecule has 0 aliphatic carbocycles. The largest absolute Gasteiger partial charge is 0.505 e. The Morgan fingerprint density at radius 3 is 2.41 bits per heavy atom. The lowest BCUT2D eigenvalue weighted by Gasteiger charge is -2.31. The minimum Gasteiger partial charge on any atom is -0.505 e. The van der Waals surface area contributed by atoms with Crippen molar-refractivity contribution in [2.24, 2.45) is 0 Å². The lowest BCUT2D eigenvalue weighted by molar-refractivity contribution is 0.0651. The second-order valence-electron chi connectivity index (χ2n) is 5.78. The molecule has 27 heavy (non-hydrogen) atoms. The number of halogens is 2. The molecule has 2 aromatic rings. The van der Waals surface area contributed by atoms with Crippen LogP contribution in [0.3, 0.4) is 0 Å². The quantitative estimate of drug-likeness (QED) is 0.718. The van der Waals surface area contributed by atoms with Crippen molar-refractivity contribution in [3.63, 3.8) is 0 Å². The van der Waals surface area contributed by atoms with E-state index in [4.69, 9.17) is 23.2 Å². The van der Waals surface area contributed by atoms with E-state index in [1.165, 1.54) is 12.1 Å². The Kier molecular flexibility index (Phi) is 7.53. The van der Waals surface area contributed by atoms with Crippen molar-refractivity contribution in [3.8, 4) is 5.75 Å². The molecule has 1 aliphatic heterocycles. The Balaban J connectivity index is 0.00000126. The molecule has 8 heteroatoms. The van der Waals surface area contributed by atoms with Crippen LogP contribution in [0.5, 0.6) is 5.75 Å². The fraction of sp³-hybridized carbons (Fsp3) is 0.316. The standard InChI is InChI=1S/C17H16Cl2N2O3S.C2H6/c1-10-7-12(18)3-4-14(10)20-25(24)15-9-11(8-13(19)16(15)22)17(23)21-5-2-6-21;1-2/h3-4,7-9,20,22H,2,5-6H2,1H3;1-2H3. The van der Waals surface area contributed by atoms with E-state index in [1.807, 2.05) is 20.8 Å². The molecule has 0 spiro atoms. The maximum absolute atomic E-state index is 12.7. The highest BCUT2D eigenvalue weighted by atomic mass is 35.5. The summed E-state index contributed by atoms with van der Waals surface area (Å²) in [6.45, 7) is 7.21. The first-order valence-corrected chi connectivity index (χ1v) is 10.5. The van der Waals surface area contributed by atoms with Gasteiger partial charge in [0.15, 0.2) is 16.7 Å². The van der Waals surface area contributed by atoms with Gasteiger partial charge in [-0.25, -0.2) is 4.21 Å². The average Bonchev–Trinajstić information content (AvgIpc) is 2.59. The first-order chi connectivity index (χ1) is 12.9. The van der Waals surface area contributed by atoms with Crippen molar-refractivity contribution in [1.29, 1.82) is 0 Å². The van der Waals surface area contributed by atoms with Gasteiger partial charge in [0.2, 0.25) is 0 Å². The van der Waals surface area contributed by atoms with Crippen LogP contribution in [0, 0.1) is 6.92 Å². The maximum Gasteiger partial charge on any atom is 0.253 e. The van der Waals surface area contributed by atoms with E-state index in [9.17, 15) is 14.1 Å². The van der Waals surface area contributed by atoms with Gasteiger partial charge in [-0.05, 0) is 49.2 Å². The van der Waals surface area contributed by atoms with Gasteiger partial charge in [-0.3, -0.25) is 4.79 Å². The predicted molar refractivity (Wildman–Crippen MR) is 111 cm³/mol. The van der Waals surface area contributed by atoms with Gasteiger partial charge in [-0.2, -0.15) is 0 Å². The van der Waals surface area contributed by atoms with Crippen molar-refractivity contribution < 1.29 is 14.1 Å². The first-order valence-electron chi connectivity index (χ1n) is 8.63. The summed E-state index contributed by atoms with van der Waals surface area (Å²) in [6.07, 6.45) is 0.966. The van der Waals surface area contributed by atoms with Gasteiger partial charge in [-0.1, -0.05) is 37.0 Å². The number of likely N-dealkylation sites (tertiary alicyclic amines) is 1. The van der Waals surface area contributed by atoms with Crippen LogP contribution in [0.4, 0.5) is 5.69 Å². The fourth-order valence-electron chi connectivity index (χ4n) is 2.44. The summed E-state index contributed by atoms with van der Waals surface area (Å²) >= 11 is 11.9. The number of hydrogen-bond donors (Lipinski definition) is 2. The van der Waals surface area contributed by atoms with E-state index in [2.05, 4.69) is 4.72 Å². The van der Waals surface area contributed by atoms with Gasteiger partial charge in [0.05, 0.1) is 5.02 Å². The van der Waals surface area contributed by atoms with Crippen LogP contribution in [0.2, 0.25) is 10.0 Å². The number of aryl methyl sites for hydroxylation is 1. The zero-order valence-corrected chi connectivity index (χ0v) is 17.7. The van der Waals surface area contributed by atoms with Crippen LogP contribution in [-0.2, 0) is 11.0 Å². The Labute approximate surface area is 171 Å². The molecule has 0 saturated carbocycles. The highest BCUT2D eigenvalue weighted by Gasteiger charge is 2.24. The molecular weight excluding hydrogens is 407 g/mol. The minimum absolute atomic E-state index is 0.00986. The third-order valence-electron chi connectivity index (χ3n) is 4.01. The molecule has 3 rings (SSSR count). The van der Waals surface area contributed by atoms with Gasteiger partial charge >= 0.3 is 0 Å². The van der Waals surface area contributed by atoms with Crippen molar-refractivity contribution >= 4 is 45.8 Å². The first kappa shape index (κ1) is 21.5. The molecule has 5 nitrogen and oxygen atoms in total. The van der Waals surface area contributed by atoms with E-state index in [-0.39, 0.29) is 21.6 Å². The number of nitrogens with zero attached hydrogens (tertiary/aromatic N) is 1. The summed E-state index contributed by atoms with van der Waals surface area (Å²) in [5.41, 5.74) is 1.72. The molecule has 0 radical (unpaired) electrons. The zero-order chi connectivity index (χ0) is 20.1. The van der Waals surface area contributed by atoms with Crippen molar-refractivity contribution in [1.82, 2.24) is 4.90 Å². The van der Waals surface area contributed by atoms with Crippen LogP contribution in [0.1, 0.15) is 36.2 Å². The number of carbonyl (C=O) groups excluding carboxylic acids is 1. The van der Waals surface area contributed by atoms with Crippen molar-refractivity contribution in [2.45, 2.75) is 32.1 Å². The summed E-state index contributed by atoms with van der Waals surface area (Å²) in [5, 5.41) is 10.7. The molecular formula is C19H22Cl2N2O3S. The molecule has 1 saturated heterocycles. The number of benzene rings is 2. The molecule has 1 fully saturated rings. The number of phenolic OH excluding ortho intramolecular Hbond substituents is 1. The molecule has 1 atom stereocenters. The maximum atomic E-state index is 12.7. The third kappa shape index (κ3) is 4.94. The fourth-order valence-corrected chi connectivity index (χ4v) is 4.00. The second kappa shape index (κ2) is 9.44. The van der Waals surface area contributed by atoms with Gasteiger partial charge in [0, 0.05) is 29.4 Å². The van der Waals surface area contributed by atoms with Crippen LogP contribution in [-0.4, -0.2) is 33.2 Å². The Bertz CT molecular complexity index is 870. The number of anilines is 1. The molecule has 146 valence electrons. The van der Waals surface area contributed by atoms with Crippen LogP contribution >= 0.6 is 23.2 Å². The van der Waals surface area contributed by atoms with Crippen molar-refractivity contribution in [3.05, 3.63) is 51.5 Å². The number of amides is 1. The van der Waals surface area contributed by atoms with Crippen molar-refractivity contribution in [2.75, 3.05) is 17.8 Å². The Morgan fingerprint density at radius 1 is 1.19 bits per heavy atom. The molecule has 0 bridgehead atoms. The Morgan fingerprint density at radius 2 is 1.85 bits per heavy atom. The smallest absolute Gasteiger partial charge is 0.253 e. The van der Waals surface area contributed by atoms with Crippen LogP contribution < -0.4 is 4.72 Å². The number of nitrogens with one attached hydrogen (secondary N) is 1. The average molecular weight is 429 g/mol. The summed E-state index contributed by atoms with van der Waals surface area (Å²) < 4.78 is 15.5. The molecule has 0 aromatic heterocycles. The molecule has 1 amide bonds. The van der Waals surface area contributed by atoms with E-state index in [0.29, 0.717) is 29.4 Å². The molecule has 1 unspecified atom stereocenters. The Hall–Kier alpha value is -1.76. The van der Waals surface area contributed by atoms with Crippen LogP contribution in [0.25, 0.3) is 0 Å². The number of aromatic hydroxyl groups is 1. The molecule has 1 aliphatic rings. The number of phenols is 1.